The Balaban J connectivity index is 2.99. The minimum absolute atomic E-state index is 0.0157. The smallest absolute Gasteiger partial charge is 0.461 e. The van der Waals surface area contributed by atoms with Crippen LogP contribution < -0.4 is 0 Å². The van der Waals surface area contributed by atoms with Gasteiger partial charge in [0, 0.05) is 0 Å². The molecule has 0 amide bonds. The molecule has 14 heavy (non-hydrogen) atoms. The SMILES string of the molecule is CCOC(=O)c1ccnn1C(F)(F)F. The summed E-state index contributed by atoms with van der Waals surface area (Å²) in [5, 5.41) is 2.98. The molecule has 0 aromatic carbocycles. The zero-order valence-electron chi connectivity index (χ0n) is 7.21. The van der Waals surface area contributed by atoms with Gasteiger partial charge >= 0.3 is 12.3 Å². The topological polar surface area (TPSA) is 44.1 Å². The highest BCUT2D eigenvalue weighted by Gasteiger charge is 2.35. The lowest BCUT2D eigenvalue weighted by Gasteiger charge is -2.09. The number of alkyl halides is 3. The zero-order chi connectivity index (χ0) is 10.8. The highest BCUT2D eigenvalue weighted by molar-refractivity contribution is 5.87. The molecule has 0 unspecified atom stereocenters. The van der Waals surface area contributed by atoms with Crippen molar-refractivity contribution in [3.05, 3.63) is 18.0 Å². The highest BCUT2D eigenvalue weighted by atomic mass is 19.4. The van der Waals surface area contributed by atoms with Gasteiger partial charge in [0.05, 0.1) is 12.8 Å². The number of hydrogen-bond donors (Lipinski definition) is 0. The summed E-state index contributed by atoms with van der Waals surface area (Å²) in [4.78, 5) is 11.0. The monoisotopic (exact) mass is 208 g/mol. The summed E-state index contributed by atoms with van der Waals surface area (Å²) in [6.07, 6.45) is -3.81. The molecule has 78 valence electrons. The van der Waals surface area contributed by atoms with Gasteiger partial charge in [0.1, 0.15) is 0 Å². The first-order valence-electron chi connectivity index (χ1n) is 3.75. The van der Waals surface area contributed by atoms with Crippen molar-refractivity contribution in [2.75, 3.05) is 6.61 Å². The van der Waals surface area contributed by atoms with Crippen LogP contribution in [0, 0.1) is 0 Å². The van der Waals surface area contributed by atoms with Gasteiger partial charge in [-0.15, -0.1) is 13.2 Å². The third-order valence-electron chi connectivity index (χ3n) is 1.37. The molecule has 0 saturated heterocycles. The Morgan fingerprint density at radius 2 is 2.29 bits per heavy atom. The van der Waals surface area contributed by atoms with Crippen LogP contribution in [0.1, 0.15) is 17.4 Å². The van der Waals surface area contributed by atoms with Gasteiger partial charge in [-0.3, -0.25) is 0 Å². The highest BCUT2D eigenvalue weighted by Crippen LogP contribution is 2.23. The minimum atomic E-state index is -4.70. The normalized spacial score (nSPS) is 11.4. The van der Waals surface area contributed by atoms with E-state index in [1.54, 1.807) is 0 Å². The van der Waals surface area contributed by atoms with Crippen LogP contribution in [0.3, 0.4) is 0 Å². The van der Waals surface area contributed by atoms with Gasteiger partial charge in [0.2, 0.25) is 0 Å². The van der Waals surface area contributed by atoms with Crippen LogP contribution in [-0.4, -0.2) is 22.4 Å². The van der Waals surface area contributed by atoms with E-state index in [1.807, 2.05) is 0 Å². The Morgan fingerprint density at radius 3 is 2.79 bits per heavy atom. The molecule has 1 aromatic rings. The van der Waals surface area contributed by atoms with Gasteiger partial charge in [-0.05, 0) is 13.0 Å². The van der Waals surface area contributed by atoms with Gasteiger partial charge in [-0.2, -0.15) is 9.78 Å². The molecule has 0 aliphatic carbocycles. The molecule has 7 heteroatoms. The van der Waals surface area contributed by atoms with Gasteiger partial charge in [-0.1, -0.05) is 0 Å². The Labute approximate surface area is 77.3 Å². The summed E-state index contributed by atoms with van der Waals surface area (Å²) in [6, 6.07) is 0.950. The first-order valence-corrected chi connectivity index (χ1v) is 3.75. The molecule has 0 spiro atoms. The second-order valence-corrected chi connectivity index (χ2v) is 2.32. The quantitative estimate of drug-likeness (QED) is 0.692. The van der Waals surface area contributed by atoms with E-state index >= 15 is 0 Å². The summed E-state index contributed by atoms with van der Waals surface area (Å²) < 4.78 is 40.6. The zero-order valence-corrected chi connectivity index (χ0v) is 7.21. The first-order chi connectivity index (χ1) is 6.46. The molecule has 0 aliphatic heterocycles. The van der Waals surface area contributed by atoms with Gasteiger partial charge in [0.25, 0.3) is 0 Å². The third kappa shape index (κ3) is 2.04. The van der Waals surface area contributed by atoms with Crippen LogP contribution in [0.2, 0.25) is 0 Å². The Morgan fingerprint density at radius 1 is 1.64 bits per heavy atom. The fourth-order valence-electron chi connectivity index (χ4n) is 0.865. The molecule has 4 nitrogen and oxygen atoms in total. The average molecular weight is 208 g/mol. The number of nitrogens with zero attached hydrogens (tertiary/aromatic N) is 2. The fourth-order valence-corrected chi connectivity index (χ4v) is 0.865. The second kappa shape index (κ2) is 3.69. The van der Waals surface area contributed by atoms with Crippen molar-refractivity contribution in [3.8, 4) is 0 Å². The lowest BCUT2D eigenvalue weighted by molar-refractivity contribution is -0.213. The van der Waals surface area contributed by atoms with Gasteiger partial charge in [-0.25, -0.2) is 4.79 Å². The molecule has 0 bridgehead atoms. The fraction of sp³-hybridized carbons (Fsp3) is 0.429. The molecule has 0 saturated carbocycles. The van der Waals surface area contributed by atoms with Crippen LogP contribution >= 0.6 is 0 Å². The predicted octanol–water partition coefficient (Wildman–Crippen LogP) is 1.54. The molecule has 1 heterocycles. The number of halogens is 3. The maximum Gasteiger partial charge on any atom is 0.505 e. The largest absolute Gasteiger partial charge is 0.505 e. The molecule has 1 rings (SSSR count). The van der Waals surface area contributed by atoms with E-state index in [2.05, 4.69) is 9.84 Å². The lowest BCUT2D eigenvalue weighted by atomic mass is 10.4. The Kier molecular flexibility index (Phi) is 2.78. The number of carbonyl (C=O) groups excluding carboxylic acids is 1. The first kappa shape index (κ1) is 10.6. The molecule has 0 N–H and O–H groups in total. The van der Waals surface area contributed by atoms with Crippen molar-refractivity contribution in [2.24, 2.45) is 0 Å². The number of hydrogen-bond acceptors (Lipinski definition) is 3. The second-order valence-electron chi connectivity index (χ2n) is 2.32. The Hall–Kier alpha value is -1.53. The maximum absolute atomic E-state index is 12.2. The molecule has 0 fully saturated rings. The summed E-state index contributed by atoms with van der Waals surface area (Å²) in [7, 11) is 0. The van der Waals surface area contributed by atoms with Crippen LogP contribution in [0.25, 0.3) is 0 Å². The summed E-state index contributed by atoms with van der Waals surface area (Å²) in [5.41, 5.74) is -0.626. The Bertz CT molecular complexity index is 332. The van der Waals surface area contributed by atoms with Crippen LogP contribution in [0.4, 0.5) is 13.2 Å². The molecule has 0 aliphatic rings. The summed E-state index contributed by atoms with van der Waals surface area (Å²) >= 11 is 0. The number of ether oxygens (including phenoxy) is 1. The average Bonchev–Trinajstić information content (AvgIpc) is 2.50. The number of rotatable bonds is 2. The molecule has 0 atom stereocenters. The van der Waals surface area contributed by atoms with Gasteiger partial charge in [0.15, 0.2) is 5.69 Å². The van der Waals surface area contributed by atoms with Crippen LogP contribution in [-0.2, 0) is 11.0 Å². The van der Waals surface area contributed by atoms with Crippen LogP contribution in [0.5, 0.6) is 0 Å². The number of aromatic nitrogens is 2. The van der Waals surface area contributed by atoms with E-state index in [0.29, 0.717) is 0 Å². The number of carbonyl (C=O) groups is 1. The maximum atomic E-state index is 12.2. The number of esters is 1. The van der Waals surface area contributed by atoms with Crippen molar-refractivity contribution in [3.63, 3.8) is 0 Å². The van der Waals surface area contributed by atoms with Crippen molar-refractivity contribution in [2.45, 2.75) is 13.2 Å². The molecule has 1 aromatic heterocycles. The predicted molar refractivity (Wildman–Crippen MR) is 39.5 cm³/mol. The minimum Gasteiger partial charge on any atom is -0.461 e. The van der Waals surface area contributed by atoms with E-state index < -0.39 is 18.0 Å². The standard InChI is InChI=1S/C7H7F3N2O2/c1-2-14-6(13)5-3-4-11-12(5)7(8,9)10/h3-4H,2H2,1H3. The van der Waals surface area contributed by atoms with Crippen molar-refractivity contribution in [1.29, 1.82) is 0 Å². The summed E-state index contributed by atoms with van der Waals surface area (Å²) in [5.74, 6) is -1.04. The lowest BCUT2D eigenvalue weighted by Crippen LogP contribution is -2.24. The summed E-state index contributed by atoms with van der Waals surface area (Å²) in [6.45, 7) is 1.52. The van der Waals surface area contributed by atoms with Gasteiger partial charge < -0.3 is 4.74 Å². The third-order valence-corrected chi connectivity index (χ3v) is 1.37. The van der Waals surface area contributed by atoms with E-state index in [-0.39, 0.29) is 11.3 Å². The molecular weight excluding hydrogens is 201 g/mol. The van der Waals surface area contributed by atoms with E-state index in [9.17, 15) is 18.0 Å². The van der Waals surface area contributed by atoms with E-state index in [1.165, 1.54) is 6.92 Å². The van der Waals surface area contributed by atoms with E-state index in [0.717, 1.165) is 12.3 Å². The molecule has 0 radical (unpaired) electrons. The van der Waals surface area contributed by atoms with Crippen molar-refractivity contribution < 1.29 is 22.7 Å². The van der Waals surface area contributed by atoms with Crippen molar-refractivity contribution in [1.82, 2.24) is 9.78 Å². The van der Waals surface area contributed by atoms with E-state index in [4.69, 9.17) is 0 Å². The molecular formula is C7H7F3N2O2. The van der Waals surface area contributed by atoms with Crippen molar-refractivity contribution >= 4 is 5.97 Å². The van der Waals surface area contributed by atoms with Crippen LogP contribution in [0.15, 0.2) is 12.3 Å².